The van der Waals surface area contributed by atoms with Gasteiger partial charge in [0, 0.05) is 17.7 Å². The van der Waals surface area contributed by atoms with Crippen molar-refractivity contribution in [3.8, 4) is 5.75 Å². The number of fused-ring (bicyclic) bond motifs is 1. The van der Waals surface area contributed by atoms with Crippen LogP contribution in [0.2, 0.25) is 0 Å². The predicted octanol–water partition coefficient (Wildman–Crippen LogP) is 5.68. The summed E-state index contributed by atoms with van der Waals surface area (Å²) in [6, 6.07) is 22.6. The number of nitrogens with one attached hydrogen (secondary N) is 1. The van der Waals surface area contributed by atoms with E-state index in [-0.39, 0.29) is 5.82 Å². The van der Waals surface area contributed by atoms with Crippen molar-refractivity contribution in [3.63, 3.8) is 0 Å². The van der Waals surface area contributed by atoms with E-state index in [1.165, 1.54) is 17.8 Å². The van der Waals surface area contributed by atoms with Gasteiger partial charge in [0.05, 0.1) is 12.6 Å². The summed E-state index contributed by atoms with van der Waals surface area (Å²) in [5, 5.41) is 4.98. The second-order valence-corrected chi connectivity index (χ2v) is 7.40. The van der Waals surface area contributed by atoms with E-state index < -0.39 is 0 Å². The van der Waals surface area contributed by atoms with E-state index in [4.69, 9.17) is 4.74 Å². The number of hydrogen-bond acceptors (Lipinski definition) is 5. The lowest BCUT2D eigenvalue weighted by molar-refractivity contribution is 0.414. The highest BCUT2D eigenvalue weighted by Gasteiger charge is 2.10. The Morgan fingerprint density at radius 3 is 2.48 bits per heavy atom. The minimum Gasteiger partial charge on any atom is -0.497 e. The number of nitrogens with zero attached hydrogens (tertiary/aromatic N) is 2. The predicted molar refractivity (Wildman–Crippen MR) is 116 cm³/mol. The molecule has 146 valence electrons. The Labute approximate surface area is 173 Å². The molecule has 0 bridgehead atoms. The number of rotatable bonds is 7. The van der Waals surface area contributed by atoms with Crippen LogP contribution in [-0.2, 0) is 12.3 Å². The summed E-state index contributed by atoms with van der Waals surface area (Å²) >= 11 is 1.42. The summed E-state index contributed by atoms with van der Waals surface area (Å²) in [5.74, 6) is 1.86. The summed E-state index contributed by atoms with van der Waals surface area (Å²) in [6.07, 6.45) is 0. The van der Waals surface area contributed by atoms with Crippen molar-refractivity contribution in [2.24, 2.45) is 0 Å². The SMILES string of the molecule is COc1ccc(CNc2nc(SCc3ccccc3F)nc3ccccc23)cc1. The number of anilines is 1. The third-order valence-electron chi connectivity index (χ3n) is 4.52. The Kier molecular flexibility index (Phi) is 5.91. The fourth-order valence-electron chi connectivity index (χ4n) is 2.94. The highest BCUT2D eigenvalue weighted by atomic mass is 32.2. The molecule has 4 aromatic rings. The van der Waals surface area contributed by atoms with Crippen LogP contribution in [0.15, 0.2) is 78.0 Å². The Hall–Kier alpha value is -3.12. The molecule has 0 unspecified atom stereocenters. The van der Waals surface area contributed by atoms with Crippen molar-refractivity contribution in [2.75, 3.05) is 12.4 Å². The lowest BCUT2D eigenvalue weighted by atomic mass is 10.2. The highest BCUT2D eigenvalue weighted by molar-refractivity contribution is 7.98. The van der Waals surface area contributed by atoms with Gasteiger partial charge in [-0.1, -0.05) is 54.2 Å². The maximum atomic E-state index is 13.9. The number of methoxy groups -OCH3 is 1. The molecule has 4 rings (SSSR count). The molecule has 1 aromatic heterocycles. The number of aromatic nitrogens is 2. The first-order valence-corrected chi connectivity index (χ1v) is 10.2. The molecule has 1 heterocycles. The van der Waals surface area contributed by atoms with E-state index in [1.54, 1.807) is 19.2 Å². The fraction of sp³-hybridized carbons (Fsp3) is 0.130. The smallest absolute Gasteiger partial charge is 0.190 e. The molecular formula is C23H20FN3OS. The molecule has 0 spiro atoms. The average molecular weight is 405 g/mol. The minimum absolute atomic E-state index is 0.210. The second-order valence-electron chi connectivity index (χ2n) is 6.45. The zero-order valence-electron chi connectivity index (χ0n) is 15.9. The van der Waals surface area contributed by atoms with E-state index in [1.807, 2.05) is 54.6 Å². The van der Waals surface area contributed by atoms with Crippen LogP contribution in [0.4, 0.5) is 10.2 Å². The van der Waals surface area contributed by atoms with Crippen molar-refractivity contribution in [3.05, 3.63) is 89.7 Å². The fourth-order valence-corrected chi connectivity index (χ4v) is 3.78. The lowest BCUT2D eigenvalue weighted by Crippen LogP contribution is -2.04. The van der Waals surface area contributed by atoms with Gasteiger partial charge in [0.25, 0.3) is 0 Å². The third kappa shape index (κ3) is 4.66. The summed E-state index contributed by atoms with van der Waals surface area (Å²) in [6.45, 7) is 0.627. The van der Waals surface area contributed by atoms with Gasteiger partial charge in [-0.2, -0.15) is 0 Å². The number of benzene rings is 3. The minimum atomic E-state index is -0.210. The van der Waals surface area contributed by atoms with Crippen LogP contribution < -0.4 is 10.1 Å². The van der Waals surface area contributed by atoms with Crippen molar-refractivity contribution in [2.45, 2.75) is 17.5 Å². The van der Waals surface area contributed by atoms with Gasteiger partial charge in [-0.15, -0.1) is 0 Å². The molecule has 0 aliphatic heterocycles. The molecule has 0 saturated carbocycles. The second kappa shape index (κ2) is 8.92. The first-order chi connectivity index (χ1) is 14.2. The molecule has 0 amide bonds. The van der Waals surface area contributed by atoms with Gasteiger partial charge in [0.2, 0.25) is 0 Å². The van der Waals surface area contributed by atoms with Gasteiger partial charge in [-0.3, -0.25) is 0 Å². The van der Waals surface area contributed by atoms with Gasteiger partial charge in [0.15, 0.2) is 5.16 Å². The number of hydrogen-bond donors (Lipinski definition) is 1. The highest BCUT2D eigenvalue weighted by Crippen LogP contribution is 2.27. The van der Waals surface area contributed by atoms with Gasteiger partial charge in [0.1, 0.15) is 17.4 Å². The van der Waals surface area contributed by atoms with Crippen LogP contribution in [0, 0.1) is 5.82 Å². The molecule has 0 atom stereocenters. The molecule has 0 radical (unpaired) electrons. The van der Waals surface area contributed by atoms with Crippen LogP contribution in [0.5, 0.6) is 5.75 Å². The van der Waals surface area contributed by atoms with Crippen molar-refractivity contribution in [1.82, 2.24) is 9.97 Å². The molecule has 0 aliphatic carbocycles. The molecule has 29 heavy (non-hydrogen) atoms. The quantitative estimate of drug-likeness (QED) is 0.316. The number of para-hydroxylation sites is 1. The van der Waals surface area contributed by atoms with Crippen molar-refractivity contribution >= 4 is 28.5 Å². The molecule has 0 saturated heterocycles. The third-order valence-corrected chi connectivity index (χ3v) is 5.41. The Morgan fingerprint density at radius 1 is 0.931 bits per heavy atom. The molecule has 0 fully saturated rings. The first kappa shape index (κ1) is 19.2. The maximum absolute atomic E-state index is 13.9. The van der Waals surface area contributed by atoms with Crippen LogP contribution in [-0.4, -0.2) is 17.1 Å². The van der Waals surface area contributed by atoms with Gasteiger partial charge >= 0.3 is 0 Å². The largest absolute Gasteiger partial charge is 0.497 e. The van der Waals surface area contributed by atoms with Crippen molar-refractivity contribution in [1.29, 1.82) is 0 Å². The van der Waals surface area contributed by atoms with E-state index in [9.17, 15) is 4.39 Å². The molecule has 0 aliphatic rings. The van der Waals surface area contributed by atoms with Crippen molar-refractivity contribution < 1.29 is 9.13 Å². The van der Waals surface area contributed by atoms with Crippen LogP contribution in [0.25, 0.3) is 10.9 Å². The zero-order chi connectivity index (χ0) is 20.1. The molecule has 3 aromatic carbocycles. The molecule has 4 nitrogen and oxygen atoms in total. The van der Waals surface area contributed by atoms with E-state index in [2.05, 4.69) is 15.3 Å². The number of ether oxygens (including phenoxy) is 1. The van der Waals surface area contributed by atoms with Gasteiger partial charge in [-0.05, 0) is 41.5 Å². The summed E-state index contributed by atoms with van der Waals surface area (Å²) < 4.78 is 19.1. The molecule has 6 heteroatoms. The average Bonchev–Trinajstić information content (AvgIpc) is 2.77. The van der Waals surface area contributed by atoms with E-state index >= 15 is 0 Å². The summed E-state index contributed by atoms with van der Waals surface area (Å²) in [5.41, 5.74) is 2.62. The number of halogens is 1. The van der Waals surface area contributed by atoms with E-state index in [0.29, 0.717) is 23.0 Å². The Morgan fingerprint density at radius 2 is 1.69 bits per heavy atom. The van der Waals surface area contributed by atoms with E-state index in [0.717, 1.165) is 28.0 Å². The lowest BCUT2D eigenvalue weighted by Gasteiger charge is -2.11. The first-order valence-electron chi connectivity index (χ1n) is 9.23. The van der Waals surface area contributed by atoms with Crippen LogP contribution in [0.3, 0.4) is 0 Å². The Bertz CT molecular complexity index is 1120. The number of thioether (sulfide) groups is 1. The monoisotopic (exact) mass is 405 g/mol. The van der Waals surface area contributed by atoms with Crippen LogP contribution in [0.1, 0.15) is 11.1 Å². The molecule has 1 N–H and O–H groups in total. The van der Waals surface area contributed by atoms with Gasteiger partial charge in [-0.25, -0.2) is 14.4 Å². The van der Waals surface area contributed by atoms with Crippen LogP contribution >= 0.6 is 11.8 Å². The van der Waals surface area contributed by atoms with Gasteiger partial charge < -0.3 is 10.1 Å². The Balaban J connectivity index is 1.56. The summed E-state index contributed by atoms with van der Waals surface area (Å²) in [4.78, 5) is 9.32. The summed E-state index contributed by atoms with van der Waals surface area (Å²) in [7, 11) is 1.65. The normalized spacial score (nSPS) is 10.8. The topological polar surface area (TPSA) is 47.0 Å². The molecular weight excluding hydrogens is 385 g/mol. The maximum Gasteiger partial charge on any atom is 0.190 e. The zero-order valence-corrected chi connectivity index (χ0v) is 16.7. The standard InChI is InChI=1S/C23H20FN3OS/c1-28-18-12-10-16(11-13-18)14-25-22-19-7-3-5-9-21(19)26-23(27-22)29-15-17-6-2-4-8-20(17)24/h2-13H,14-15H2,1H3,(H,25,26,27).